The molecule has 25 heavy (non-hydrogen) atoms. The highest BCUT2D eigenvalue weighted by molar-refractivity contribution is 5.74. The van der Waals surface area contributed by atoms with Crippen molar-refractivity contribution in [2.45, 2.75) is 30.4 Å². The van der Waals surface area contributed by atoms with E-state index in [9.17, 15) is 5.11 Å². The molecule has 1 aromatic heterocycles. The Balaban J connectivity index is 1.44. The second-order valence-corrected chi connectivity index (χ2v) is 7.17. The molecular formula is C20H21N3O2. The van der Waals surface area contributed by atoms with E-state index in [1.165, 1.54) is 5.56 Å². The van der Waals surface area contributed by atoms with Crippen LogP contribution in [0.2, 0.25) is 0 Å². The number of para-hydroxylation sites is 2. The summed E-state index contributed by atoms with van der Waals surface area (Å²) in [6.07, 6.45) is 1.16. The maximum atomic E-state index is 10.9. The van der Waals surface area contributed by atoms with Gasteiger partial charge < -0.3 is 20.2 Å². The van der Waals surface area contributed by atoms with Gasteiger partial charge in [-0.1, -0.05) is 36.4 Å². The number of hydrogen-bond donors (Lipinski definition) is 2. The van der Waals surface area contributed by atoms with Gasteiger partial charge in [-0.3, -0.25) is 0 Å². The van der Waals surface area contributed by atoms with Gasteiger partial charge in [-0.2, -0.15) is 4.98 Å². The first-order chi connectivity index (χ1) is 12.2. The van der Waals surface area contributed by atoms with Crippen molar-refractivity contribution >= 4 is 17.1 Å². The number of aliphatic hydroxyl groups is 1. The smallest absolute Gasteiger partial charge is 0.298 e. The summed E-state index contributed by atoms with van der Waals surface area (Å²) in [6.45, 7) is 1.59. The minimum atomic E-state index is -0.532. The molecule has 0 radical (unpaired) electrons. The molecule has 5 nitrogen and oxygen atoms in total. The average molecular weight is 335 g/mol. The first kappa shape index (κ1) is 14.9. The van der Waals surface area contributed by atoms with Crippen molar-refractivity contribution < 1.29 is 9.52 Å². The van der Waals surface area contributed by atoms with Crippen LogP contribution in [0.4, 0.5) is 6.01 Å². The fourth-order valence-electron chi connectivity index (χ4n) is 4.57. The number of rotatable bonds is 1. The molecule has 3 N–H and O–H groups in total. The summed E-state index contributed by atoms with van der Waals surface area (Å²) < 4.78 is 5.90. The molecule has 5 heteroatoms. The number of nitrogens with two attached hydrogens (primary N) is 1. The van der Waals surface area contributed by atoms with Gasteiger partial charge in [-0.05, 0) is 36.1 Å². The maximum Gasteiger partial charge on any atom is 0.298 e. The van der Waals surface area contributed by atoms with E-state index in [-0.39, 0.29) is 11.5 Å². The predicted octanol–water partition coefficient (Wildman–Crippen LogP) is 2.74. The van der Waals surface area contributed by atoms with Gasteiger partial charge >= 0.3 is 0 Å². The zero-order valence-electron chi connectivity index (χ0n) is 13.9. The zero-order valence-corrected chi connectivity index (χ0v) is 13.9. The van der Waals surface area contributed by atoms with Gasteiger partial charge in [0, 0.05) is 18.5 Å². The van der Waals surface area contributed by atoms with Gasteiger partial charge in [-0.25, -0.2) is 0 Å². The third kappa shape index (κ3) is 2.06. The standard InChI is InChI=1S/C20H21N3O2/c21-17-13-5-1-2-6-14(13)20(18(17)24)9-11-23(12-10-20)19-22-15-7-3-4-8-16(15)25-19/h1-8,17-18,24H,9-12,21H2/t17-,18+/m1/s1. The lowest BCUT2D eigenvalue weighted by Crippen LogP contribution is -2.49. The molecule has 0 saturated carbocycles. The molecule has 0 unspecified atom stereocenters. The Hall–Kier alpha value is -2.37. The van der Waals surface area contributed by atoms with Crippen LogP contribution >= 0.6 is 0 Å². The Bertz CT molecular complexity index is 894. The van der Waals surface area contributed by atoms with Crippen molar-refractivity contribution in [3.63, 3.8) is 0 Å². The maximum absolute atomic E-state index is 10.9. The van der Waals surface area contributed by atoms with Gasteiger partial charge in [0.15, 0.2) is 5.58 Å². The van der Waals surface area contributed by atoms with Crippen LogP contribution in [0.15, 0.2) is 52.9 Å². The third-order valence-corrected chi connectivity index (χ3v) is 5.97. The second kappa shape index (κ2) is 5.31. The van der Waals surface area contributed by atoms with Crippen LogP contribution in [0.25, 0.3) is 11.1 Å². The number of nitrogens with zero attached hydrogens (tertiary/aromatic N) is 2. The largest absolute Gasteiger partial charge is 0.423 e. The number of aromatic nitrogens is 1. The van der Waals surface area contributed by atoms with E-state index in [0.717, 1.165) is 42.6 Å². The molecule has 2 aliphatic rings. The highest BCUT2D eigenvalue weighted by atomic mass is 16.4. The number of hydrogen-bond acceptors (Lipinski definition) is 5. The molecule has 1 saturated heterocycles. The summed E-state index contributed by atoms with van der Waals surface area (Å²) in [5, 5.41) is 10.9. The fraction of sp³-hybridized carbons (Fsp3) is 0.350. The average Bonchev–Trinajstić information content (AvgIpc) is 3.18. The summed E-state index contributed by atoms with van der Waals surface area (Å²) in [4.78, 5) is 6.77. The first-order valence-electron chi connectivity index (χ1n) is 8.83. The molecule has 2 heterocycles. The van der Waals surface area contributed by atoms with E-state index < -0.39 is 6.10 Å². The van der Waals surface area contributed by atoms with Crippen molar-refractivity contribution in [3.05, 3.63) is 59.7 Å². The summed E-state index contributed by atoms with van der Waals surface area (Å²) >= 11 is 0. The second-order valence-electron chi connectivity index (χ2n) is 7.17. The van der Waals surface area contributed by atoms with Gasteiger partial charge in [-0.15, -0.1) is 0 Å². The number of fused-ring (bicyclic) bond motifs is 3. The van der Waals surface area contributed by atoms with E-state index in [1.807, 2.05) is 42.5 Å². The molecule has 1 fully saturated rings. The van der Waals surface area contributed by atoms with Crippen molar-refractivity contribution in [2.24, 2.45) is 5.73 Å². The predicted molar refractivity (Wildman–Crippen MR) is 96.5 cm³/mol. The van der Waals surface area contributed by atoms with E-state index in [0.29, 0.717) is 6.01 Å². The summed E-state index contributed by atoms with van der Waals surface area (Å²) in [5.41, 5.74) is 10.0. The molecule has 1 spiro atoms. The van der Waals surface area contributed by atoms with Gasteiger partial charge in [0.05, 0.1) is 12.1 Å². The Labute approximate surface area is 146 Å². The Morgan fingerprint density at radius 1 is 1.08 bits per heavy atom. The lowest BCUT2D eigenvalue weighted by atomic mass is 9.72. The number of anilines is 1. The van der Waals surface area contributed by atoms with Crippen molar-refractivity contribution in [2.75, 3.05) is 18.0 Å². The molecule has 2 atom stereocenters. The van der Waals surface area contributed by atoms with E-state index >= 15 is 0 Å². The van der Waals surface area contributed by atoms with Crippen LogP contribution in [0, 0.1) is 0 Å². The van der Waals surface area contributed by atoms with E-state index in [2.05, 4.69) is 16.0 Å². The number of benzene rings is 2. The minimum Gasteiger partial charge on any atom is -0.423 e. The van der Waals surface area contributed by atoms with Gasteiger partial charge in [0.25, 0.3) is 6.01 Å². The van der Waals surface area contributed by atoms with Crippen molar-refractivity contribution in [1.82, 2.24) is 4.98 Å². The summed E-state index contributed by atoms with van der Waals surface area (Å²) in [6, 6.07) is 16.4. The van der Waals surface area contributed by atoms with Crippen LogP contribution in [-0.4, -0.2) is 29.3 Å². The Kier molecular flexibility index (Phi) is 3.17. The fourth-order valence-corrected chi connectivity index (χ4v) is 4.57. The van der Waals surface area contributed by atoms with Gasteiger partial charge in [0.2, 0.25) is 0 Å². The lowest BCUT2D eigenvalue weighted by Gasteiger charge is -2.42. The summed E-state index contributed by atoms with van der Waals surface area (Å²) in [5.74, 6) is 0. The normalized spacial score (nSPS) is 24.8. The Morgan fingerprint density at radius 2 is 1.80 bits per heavy atom. The molecule has 3 aromatic rings. The lowest BCUT2D eigenvalue weighted by molar-refractivity contribution is 0.0578. The monoisotopic (exact) mass is 335 g/mol. The molecular weight excluding hydrogens is 314 g/mol. The third-order valence-electron chi connectivity index (χ3n) is 5.97. The number of aliphatic hydroxyl groups excluding tert-OH is 1. The highest BCUT2D eigenvalue weighted by Gasteiger charge is 2.51. The summed E-state index contributed by atoms with van der Waals surface area (Å²) in [7, 11) is 0. The molecule has 0 amide bonds. The van der Waals surface area contributed by atoms with Crippen molar-refractivity contribution in [1.29, 1.82) is 0 Å². The molecule has 128 valence electrons. The number of piperidine rings is 1. The zero-order chi connectivity index (χ0) is 17.0. The van der Waals surface area contributed by atoms with Crippen LogP contribution < -0.4 is 10.6 Å². The van der Waals surface area contributed by atoms with Crippen LogP contribution in [0.1, 0.15) is 30.0 Å². The minimum absolute atomic E-state index is 0.251. The molecule has 2 aromatic carbocycles. The SMILES string of the molecule is N[C@@H]1c2ccccc2C2(CCN(c3nc4ccccc4o3)CC2)[C@H]1O. The van der Waals surface area contributed by atoms with E-state index in [1.54, 1.807) is 0 Å². The highest BCUT2D eigenvalue weighted by Crippen LogP contribution is 2.50. The molecule has 1 aliphatic heterocycles. The van der Waals surface area contributed by atoms with Crippen LogP contribution in [0.3, 0.4) is 0 Å². The molecule has 0 bridgehead atoms. The quantitative estimate of drug-likeness (QED) is 0.715. The molecule has 5 rings (SSSR count). The Morgan fingerprint density at radius 3 is 2.60 bits per heavy atom. The number of oxazole rings is 1. The van der Waals surface area contributed by atoms with Crippen LogP contribution in [-0.2, 0) is 5.41 Å². The van der Waals surface area contributed by atoms with Gasteiger partial charge in [0.1, 0.15) is 5.52 Å². The first-order valence-corrected chi connectivity index (χ1v) is 8.83. The van der Waals surface area contributed by atoms with Crippen molar-refractivity contribution in [3.8, 4) is 0 Å². The van der Waals surface area contributed by atoms with E-state index in [4.69, 9.17) is 10.2 Å². The van der Waals surface area contributed by atoms with Crippen LogP contribution in [0.5, 0.6) is 0 Å². The molecule has 1 aliphatic carbocycles. The topological polar surface area (TPSA) is 75.5 Å².